The van der Waals surface area contributed by atoms with Crippen LogP contribution in [0.3, 0.4) is 0 Å². The Hall–Kier alpha value is -2.14. The molecule has 2 N–H and O–H groups in total. The van der Waals surface area contributed by atoms with Gasteiger partial charge in [-0.05, 0) is 30.9 Å². The van der Waals surface area contributed by atoms with E-state index in [0.717, 1.165) is 38.5 Å². The van der Waals surface area contributed by atoms with Crippen molar-refractivity contribution >= 4 is 5.91 Å². The van der Waals surface area contributed by atoms with Gasteiger partial charge in [0.15, 0.2) is 5.82 Å². The highest BCUT2D eigenvalue weighted by Crippen LogP contribution is 2.20. The van der Waals surface area contributed by atoms with Crippen LogP contribution in [0.15, 0.2) is 42.7 Å². The number of carbonyl (C=O) groups is 1. The predicted octanol–water partition coefficient (Wildman–Crippen LogP) is 1.55. The molecule has 1 aromatic heterocycles. The van der Waals surface area contributed by atoms with Gasteiger partial charge in [-0.1, -0.05) is 30.3 Å². The fourth-order valence-electron chi connectivity index (χ4n) is 3.19. The lowest BCUT2D eigenvalue weighted by Gasteiger charge is -2.17. The van der Waals surface area contributed by atoms with Crippen LogP contribution in [-0.4, -0.2) is 40.0 Å². The number of aromatic nitrogens is 2. The number of imidazole rings is 1. The number of hydrogen-bond donors (Lipinski definition) is 1. The monoisotopic (exact) mass is 298 g/mol. The van der Waals surface area contributed by atoms with Gasteiger partial charge < -0.3 is 15.2 Å². The summed E-state index contributed by atoms with van der Waals surface area (Å²) in [7, 11) is 0. The van der Waals surface area contributed by atoms with Gasteiger partial charge in [-0.25, -0.2) is 4.98 Å². The van der Waals surface area contributed by atoms with Gasteiger partial charge in [0.05, 0.1) is 0 Å². The summed E-state index contributed by atoms with van der Waals surface area (Å²) in [5, 5.41) is 0. The second-order valence-corrected chi connectivity index (χ2v) is 5.95. The predicted molar refractivity (Wildman–Crippen MR) is 85.4 cm³/mol. The average Bonchev–Trinajstić information content (AvgIpc) is 3.15. The first-order chi connectivity index (χ1) is 10.7. The largest absolute Gasteiger partial charge is 0.363 e. The number of rotatable bonds is 6. The number of likely N-dealkylation sites (tertiary alicyclic amines) is 1. The molecule has 5 heteroatoms. The number of nitrogens with zero attached hydrogens (tertiary/aromatic N) is 3. The Labute approximate surface area is 130 Å². The summed E-state index contributed by atoms with van der Waals surface area (Å²) in [6.45, 7) is 3.94. The molecule has 5 nitrogen and oxygen atoms in total. The van der Waals surface area contributed by atoms with Crippen LogP contribution in [0, 0.1) is 5.92 Å². The van der Waals surface area contributed by atoms with Crippen molar-refractivity contribution in [2.75, 3.05) is 19.6 Å². The molecule has 1 aromatic carbocycles. The smallest absolute Gasteiger partial charge is 0.284 e. The lowest BCUT2D eigenvalue weighted by atomic mass is 9.99. The van der Waals surface area contributed by atoms with Crippen LogP contribution in [0.5, 0.6) is 0 Å². The molecule has 2 heterocycles. The minimum Gasteiger partial charge on any atom is -0.363 e. The fourth-order valence-corrected chi connectivity index (χ4v) is 3.19. The normalized spacial score (nSPS) is 18.6. The van der Waals surface area contributed by atoms with Gasteiger partial charge in [0, 0.05) is 32.0 Å². The quantitative estimate of drug-likeness (QED) is 0.880. The first-order valence-corrected chi connectivity index (χ1v) is 7.79. The van der Waals surface area contributed by atoms with E-state index < -0.39 is 5.91 Å². The van der Waals surface area contributed by atoms with E-state index >= 15 is 0 Å². The zero-order chi connectivity index (χ0) is 15.4. The van der Waals surface area contributed by atoms with Gasteiger partial charge in [-0.3, -0.25) is 4.79 Å². The summed E-state index contributed by atoms with van der Waals surface area (Å²) in [5.74, 6) is 0.606. The molecule has 0 aliphatic carbocycles. The maximum absolute atomic E-state index is 11.3. The van der Waals surface area contributed by atoms with Gasteiger partial charge in [0.1, 0.15) is 0 Å². The van der Waals surface area contributed by atoms with E-state index in [1.165, 1.54) is 12.0 Å². The standard InChI is InChI=1S/C17H22N4O/c18-16(22)17-19-7-9-21(17)11-10-20-8-6-15(13-20)12-14-4-2-1-3-5-14/h1-5,7,9,15H,6,8,10-13H2,(H2,18,22). The van der Waals surface area contributed by atoms with Crippen molar-refractivity contribution in [2.45, 2.75) is 19.4 Å². The summed E-state index contributed by atoms with van der Waals surface area (Å²) < 4.78 is 1.84. The maximum atomic E-state index is 11.3. The van der Waals surface area contributed by atoms with Crippen LogP contribution in [-0.2, 0) is 13.0 Å². The molecular weight excluding hydrogens is 276 g/mol. The number of nitrogens with two attached hydrogens (primary N) is 1. The van der Waals surface area contributed by atoms with Crippen LogP contribution in [0.25, 0.3) is 0 Å². The Morgan fingerprint density at radius 2 is 2.09 bits per heavy atom. The number of hydrogen-bond acceptors (Lipinski definition) is 3. The molecule has 0 spiro atoms. The second-order valence-electron chi connectivity index (χ2n) is 5.95. The molecule has 1 aliphatic rings. The average molecular weight is 298 g/mol. The third-order valence-electron chi connectivity index (χ3n) is 4.33. The topological polar surface area (TPSA) is 64.2 Å². The fraction of sp³-hybridized carbons (Fsp3) is 0.412. The summed E-state index contributed by atoms with van der Waals surface area (Å²) in [4.78, 5) is 17.7. The van der Waals surface area contributed by atoms with E-state index in [4.69, 9.17) is 5.73 Å². The molecule has 1 fully saturated rings. The minimum absolute atomic E-state index is 0.347. The Balaban J connectivity index is 1.49. The maximum Gasteiger partial charge on any atom is 0.284 e. The number of primary amides is 1. The van der Waals surface area contributed by atoms with E-state index in [-0.39, 0.29) is 0 Å². The highest BCUT2D eigenvalue weighted by atomic mass is 16.1. The lowest BCUT2D eigenvalue weighted by Crippen LogP contribution is -2.27. The molecule has 0 radical (unpaired) electrons. The highest BCUT2D eigenvalue weighted by Gasteiger charge is 2.22. The molecule has 1 unspecified atom stereocenters. The van der Waals surface area contributed by atoms with Gasteiger partial charge in [0.25, 0.3) is 5.91 Å². The van der Waals surface area contributed by atoms with Crippen LogP contribution < -0.4 is 5.73 Å². The van der Waals surface area contributed by atoms with Crippen LogP contribution in [0.4, 0.5) is 0 Å². The van der Waals surface area contributed by atoms with E-state index in [1.807, 2.05) is 10.8 Å². The Morgan fingerprint density at radius 3 is 2.86 bits per heavy atom. The van der Waals surface area contributed by atoms with Crippen molar-refractivity contribution in [3.05, 3.63) is 54.1 Å². The van der Waals surface area contributed by atoms with Crippen molar-refractivity contribution < 1.29 is 4.79 Å². The third-order valence-corrected chi connectivity index (χ3v) is 4.33. The van der Waals surface area contributed by atoms with Gasteiger partial charge in [0.2, 0.25) is 0 Å². The van der Waals surface area contributed by atoms with Crippen molar-refractivity contribution in [3.63, 3.8) is 0 Å². The molecule has 3 rings (SSSR count). The molecule has 0 saturated carbocycles. The van der Waals surface area contributed by atoms with E-state index in [0.29, 0.717) is 5.82 Å². The van der Waals surface area contributed by atoms with E-state index in [1.54, 1.807) is 6.20 Å². The van der Waals surface area contributed by atoms with E-state index in [2.05, 4.69) is 40.2 Å². The molecule has 116 valence electrons. The zero-order valence-corrected chi connectivity index (χ0v) is 12.7. The summed E-state index contributed by atoms with van der Waals surface area (Å²) >= 11 is 0. The first kappa shape index (κ1) is 14.8. The molecule has 1 aliphatic heterocycles. The summed E-state index contributed by atoms with van der Waals surface area (Å²) in [6.07, 6.45) is 5.83. The lowest BCUT2D eigenvalue weighted by molar-refractivity contribution is 0.0985. The van der Waals surface area contributed by atoms with Gasteiger partial charge in [-0.15, -0.1) is 0 Å². The van der Waals surface area contributed by atoms with Gasteiger partial charge in [-0.2, -0.15) is 0 Å². The number of carbonyl (C=O) groups excluding carboxylic acids is 1. The van der Waals surface area contributed by atoms with Crippen molar-refractivity contribution in [3.8, 4) is 0 Å². The third kappa shape index (κ3) is 3.54. The number of amides is 1. The molecule has 22 heavy (non-hydrogen) atoms. The van der Waals surface area contributed by atoms with Crippen molar-refractivity contribution in [2.24, 2.45) is 11.7 Å². The molecule has 2 aromatic rings. The molecule has 1 saturated heterocycles. The van der Waals surface area contributed by atoms with Crippen molar-refractivity contribution in [1.29, 1.82) is 0 Å². The second kappa shape index (κ2) is 6.75. The van der Waals surface area contributed by atoms with Crippen LogP contribution in [0.1, 0.15) is 22.6 Å². The summed E-state index contributed by atoms with van der Waals surface area (Å²) in [5.41, 5.74) is 6.73. The Bertz CT molecular complexity index is 623. The molecule has 0 bridgehead atoms. The number of benzene rings is 1. The van der Waals surface area contributed by atoms with Crippen molar-refractivity contribution in [1.82, 2.24) is 14.5 Å². The van der Waals surface area contributed by atoms with Gasteiger partial charge >= 0.3 is 0 Å². The van der Waals surface area contributed by atoms with Crippen LogP contribution in [0.2, 0.25) is 0 Å². The van der Waals surface area contributed by atoms with Crippen LogP contribution >= 0.6 is 0 Å². The molecule has 1 atom stereocenters. The molecule has 1 amide bonds. The Kier molecular flexibility index (Phi) is 4.53. The zero-order valence-electron chi connectivity index (χ0n) is 12.7. The molecular formula is C17H22N4O. The summed E-state index contributed by atoms with van der Waals surface area (Å²) in [6, 6.07) is 10.7. The Morgan fingerprint density at radius 1 is 1.27 bits per heavy atom. The minimum atomic E-state index is -0.464. The van der Waals surface area contributed by atoms with E-state index in [9.17, 15) is 4.79 Å². The highest BCUT2D eigenvalue weighted by molar-refractivity contribution is 5.89. The first-order valence-electron chi connectivity index (χ1n) is 7.79. The SMILES string of the molecule is NC(=O)c1nccn1CCN1CCC(Cc2ccccc2)C1.